The molecule has 0 spiro atoms. The van der Waals surface area contributed by atoms with E-state index in [9.17, 15) is 8.42 Å². The molecule has 2 atom stereocenters. The predicted octanol–water partition coefficient (Wildman–Crippen LogP) is 0.257. The van der Waals surface area contributed by atoms with Crippen molar-refractivity contribution >= 4 is 10.2 Å². The van der Waals surface area contributed by atoms with E-state index in [1.165, 1.54) is 0 Å². The molecule has 5 nitrogen and oxygen atoms in total. The molecule has 0 amide bonds. The van der Waals surface area contributed by atoms with Crippen LogP contribution in [0.25, 0.3) is 0 Å². The van der Waals surface area contributed by atoms with Gasteiger partial charge in [-0.05, 0) is 25.3 Å². The van der Waals surface area contributed by atoms with Crippen molar-refractivity contribution in [2.45, 2.75) is 32.7 Å². The van der Waals surface area contributed by atoms with Gasteiger partial charge in [-0.2, -0.15) is 17.0 Å². The lowest BCUT2D eigenvalue weighted by atomic mass is 9.94. The van der Waals surface area contributed by atoms with E-state index in [0.29, 0.717) is 25.6 Å². The number of hydrogen-bond donors (Lipinski definition) is 1. The smallest absolute Gasteiger partial charge is 0.282 e. The van der Waals surface area contributed by atoms with Crippen molar-refractivity contribution in [2.24, 2.45) is 5.92 Å². The van der Waals surface area contributed by atoms with Gasteiger partial charge in [0.2, 0.25) is 0 Å². The van der Waals surface area contributed by atoms with E-state index >= 15 is 0 Å². The lowest BCUT2D eigenvalue weighted by Gasteiger charge is -2.38. The van der Waals surface area contributed by atoms with Gasteiger partial charge in [0.25, 0.3) is 10.2 Å². The van der Waals surface area contributed by atoms with Crippen LogP contribution < -0.4 is 5.32 Å². The highest BCUT2D eigenvalue weighted by Gasteiger charge is 2.42. The zero-order valence-corrected chi connectivity index (χ0v) is 11.5. The lowest BCUT2D eigenvalue weighted by molar-refractivity contribution is 0.203. The average molecular weight is 261 g/mol. The second kappa shape index (κ2) is 5.22. The van der Waals surface area contributed by atoms with E-state index in [4.69, 9.17) is 0 Å². The van der Waals surface area contributed by atoms with Crippen molar-refractivity contribution in [3.8, 4) is 0 Å². The first-order valence-electron chi connectivity index (χ1n) is 6.58. The molecule has 2 rings (SSSR count). The Morgan fingerprint density at radius 3 is 2.65 bits per heavy atom. The van der Waals surface area contributed by atoms with Crippen LogP contribution >= 0.6 is 0 Å². The molecule has 0 saturated carbocycles. The first-order valence-corrected chi connectivity index (χ1v) is 7.98. The summed E-state index contributed by atoms with van der Waals surface area (Å²) in [6.45, 7) is 7.37. The summed E-state index contributed by atoms with van der Waals surface area (Å²) in [5, 5.41) is 3.32. The van der Waals surface area contributed by atoms with Crippen LogP contribution in [0.15, 0.2) is 0 Å². The van der Waals surface area contributed by atoms with E-state index in [1.54, 1.807) is 8.61 Å². The minimum Gasteiger partial charge on any atom is -0.315 e. The van der Waals surface area contributed by atoms with Crippen molar-refractivity contribution in [2.75, 3.05) is 32.7 Å². The molecule has 2 aliphatic heterocycles. The fourth-order valence-electron chi connectivity index (χ4n) is 3.01. The summed E-state index contributed by atoms with van der Waals surface area (Å²) in [6.07, 6.45) is 2.14. The summed E-state index contributed by atoms with van der Waals surface area (Å²) in [5.74, 6) is 0.508. The highest BCUT2D eigenvalue weighted by atomic mass is 32.2. The molecule has 0 aromatic heterocycles. The summed E-state index contributed by atoms with van der Waals surface area (Å²) in [6, 6.07) is 0.175. The molecule has 2 unspecified atom stereocenters. The summed E-state index contributed by atoms with van der Waals surface area (Å²) >= 11 is 0. The first-order chi connectivity index (χ1) is 8.11. The molecule has 2 saturated heterocycles. The minimum absolute atomic E-state index is 0.175. The molecule has 100 valence electrons. The number of hydrogen-bond acceptors (Lipinski definition) is 3. The maximum Gasteiger partial charge on any atom is 0.282 e. The van der Waals surface area contributed by atoms with E-state index in [-0.39, 0.29) is 6.04 Å². The van der Waals surface area contributed by atoms with E-state index < -0.39 is 10.2 Å². The molecule has 0 aromatic carbocycles. The van der Waals surface area contributed by atoms with Crippen LogP contribution in [0.5, 0.6) is 0 Å². The van der Waals surface area contributed by atoms with Gasteiger partial charge in [-0.15, -0.1) is 0 Å². The summed E-state index contributed by atoms with van der Waals surface area (Å²) in [4.78, 5) is 0. The zero-order chi connectivity index (χ0) is 12.5. The van der Waals surface area contributed by atoms with Crippen molar-refractivity contribution in [1.29, 1.82) is 0 Å². The van der Waals surface area contributed by atoms with Crippen molar-refractivity contribution in [3.05, 3.63) is 0 Å². The van der Waals surface area contributed by atoms with Gasteiger partial charge in [-0.1, -0.05) is 13.8 Å². The zero-order valence-electron chi connectivity index (χ0n) is 10.7. The Kier molecular flexibility index (Phi) is 4.07. The lowest BCUT2D eigenvalue weighted by Crippen LogP contribution is -2.53. The highest BCUT2D eigenvalue weighted by Crippen LogP contribution is 2.29. The Morgan fingerprint density at radius 2 is 2.00 bits per heavy atom. The van der Waals surface area contributed by atoms with Crippen LogP contribution in [0.1, 0.15) is 26.7 Å². The number of nitrogens with zero attached hydrogens (tertiary/aromatic N) is 2. The van der Waals surface area contributed by atoms with Crippen LogP contribution in [0.3, 0.4) is 0 Å². The van der Waals surface area contributed by atoms with Crippen molar-refractivity contribution < 1.29 is 8.42 Å². The third kappa shape index (κ3) is 2.36. The molecule has 17 heavy (non-hydrogen) atoms. The van der Waals surface area contributed by atoms with Gasteiger partial charge in [-0.3, -0.25) is 0 Å². The topological polar surface area (TPSA) is 52.7 Å². The molecule has 0 radical (unpaired) electrons. The van der Waals surface area contributed by atoms with Crippen molar-refractivity contribution in [1.82, 2.24) is 13.9 Å². The predicted molar refractivity (Wildman–Crippen MR) is 67.9 cm³/mol. The molecule has 1 N–H and O–H groups in total. The fraction of sp³-hybridized carbons (Fsp3) is 1.00. The molecule has 0 bridgehead atoms. The normalized spacial score (nSPS) is 30.8. The Hall–Kier alpha value is -0.170. The first kappa shape index (κ1) is 13.3. The number of fused-ring (bicyclic) bond motifs is 1. The highest BCUT2D eigenvalue weighted by molar-refractivity contribution is 7.86. The molecule has 2 heterocycles. The Morgan fingerprint density at radius 1 is 1.29 bits per heavy atom. The van der Waals surface area contributed by atoms with Crippen LogP contribution in [-0.4, -0.2) is 55.8 Å². The van der Waals surface area contributed by atoms with Gasteiger partial charge in [0, 0.05) is 32.2 Å². The summed E-state index contributed by atoms with van der Waals surface area (Å²) < 4.78 is 28.3. The van der Waals surface area contributed by atoms with E-state index in [0.717, 1.165) is 25.9 Å². The van der Waals surface area contributed by atoms with Gasteiger partial charge < -0.3 is 5.32 Å². The molecule has 0 aliphatic carbocycles. The van der Waals surface area contributed by atoms with Gasteiger partial charge in [0.15, 0.2) is 0 Å². The van der Waals surface area contributed by atoms with Crippen LogP contribution in [-0.2, 0) is 10.2 Å². The molecule has 2 aliphatic rings. The molecular formula is C11H23N3O2S. The Balaban J connectivity index is 2.20. The molecular weight excluding hydrogens is 238 g/mol. The number of piperidine rings is 1. The van der Waals surface area contributed by atoms with E-state index in [1.807, 2.05) is 13.8 Å². The Bertz CT molecular complexity index is 354. The van der Waals surface area contributed by atoms with Gasteiger partial charge in [0.1, 0.15) is 0 Å². The van der Waals surface area contributed by atoms with Crippen molar-refractivity contribution in [3.63, 3.8) is 0 Å². The monoisotopic (exact) mass is 261 g/mol. The average Bonchev–Trinajstić information content (AvgIpc) is 2.77. The largest absolute Gasteiger partial charge is 0.315 e. The maximum absolute atomic E-state index is 12.5. The molecule has 6 heteroatoms. The van der Waals surface area contributed by atoms with Gasteiger partial charge in [0.05, 0.1) is 0 Å². The second-order valence-corrected chi connectivity index (χ2v) is 6.71. The second-order valence-electron chi connectivity index (χ2n) is 4.83. The number of nitrogens with one attached hydrogen (secondary N) is 1. The summed E-state index contributed by atoms with van der Waals surface area (Å²) in [7, 11) is -3.25. The molecule has 2 fully saturated rings. The van der Waals surface area contributed by atoms with Crippen LogP contribution in [0, 0.1) is 5.92 Å². The maximum atomic E-state index is 12.5. The van der Waals surface area contributed by atoms with Gasteiger partial charge in [-0.25, -0.2) is 0 Å². The number of rotatable bonds is 4. The SMILES string of the molecule is CCN(CC)S(=O)(=O)N1CCCC2CNCC21. The standard InChI is InChI=1S/C11H23N3O2S/c1-3-13(4-2)17(15,16)14-7-5-6-10-8-12-9-11(10)14/h10-12H,3-9H2,1-2H3. The summed E-state index contributed by atoms with van der Waals surface area (Å²) in [5.41, 5.74) is 0. The third-order valence-corrected chi connectivity index (χ3v) is 6.17. The molecule has 0 aromatic rings. The third-order valence-electron chi connectivity index (χ3n) is 3.96. The van der Waals surface area contributed by atoms with Crippen LogP contribution in [0.2, 0.25) is 0 Å². The fourth-order valence-corrected chi connectivity index (χ4v) is 4.91. The Labute approximate surface area is 104 Å². The van der Waals surface area contributed by atoms with Crippen LogP contribution in [0.4, 0.5) is 0 Å². The quantitative estimate of drug-likeness (QED) is 0.789. The van der Waals surface area contributed by atoms with Gasteiger partial charge >= 0.3 is 0 Å². The minimum atomic E-state index is -3.25. The van der Waals surface area contributed by atoms with E-state index in [2.05, 4.69) is 5.32 Å².